The number of halogens is 4. The van der Waals surface area contributed by atoms with Crippen LogP contribution in [-0.2, 0) is 6.18 Å². The van der Waals surface area contributed by atoms with E-state index in [0.717, 1.165) is 24.3 Å². The Morgan fingerprint density at radius 2 is 1.57 bits per heavy atom. The first-order chi connectivity index (χ1) is 9.89. The minimum atomic E-state index is -4.61. The second-order valence-electron chi connectivity index (χ2n) is 4.26. The van der Waals surface area contributed by atoms with Crippen LogP contribution in [0.1, 0.15) is 21.5 Å². The van der Waals surface area contributed by atoms with Gasteiger partial charge in [-0.3, -0.25) is 4.79 Å². The summed E-state index contributed by atoms with van der Waals surface area (Å²) in [6, 6.07) is 10.2. The molecule has 0 saturated carbocycles. The van der Waals surface area contributed by atoms with Crippen LogP contribution in [0.15, 0.2) is 54.6 Å². The van der Waals surface area contributed by atoms with E-state index in [-0.39, 0.29) is 5.56 Å². The summed E-state index contributed by atoms with van der Waals surface area (Å²) in [6.07, 6.45) is -2.52. The molecule has 0 spiro atoms. The van der Waals surface area contributed by atoms with Crippen LogP contribution in [0.4, 0.5) is 17.6 Å². The Balaban J connectivity index is 2.32. The molecule has 0 unspecified atom stereocenters. The molecule has 0 N–H and O–H groups in total. The van der Waals surface area contributed by atoms with Gasteiger partial charge in [0.05, 0.1) is 5.56 Å². The van der Waals surface area contributed by atoms with E-state index >= 15 is 0 Å². The molecule has 2 aromatic rings. The summed E-state index contributed by atoms with van der Waals surface area (Å²) < 4.78 is 51.8. The zero-order chi connectivity index (χ0) is 15.5. The summed E-state index contributed by atoms with van der Waals surface area (Å²) in [6.45, 7) is 0. The van der Waals surface area contributed by atoms with Gasteiger partial charge in [-0.05, 0) is 24.3 Å². The van der Waals surface area contributed by atoms with E-state index in [2.05, 4.69) is 0 Å². The predicted molar refractivity (Wildman–Crippen MR) is 71.2 cm³/mol. The maximum atomic E-state index is 13.4. The number of hydrogen-bond donors (Lipinski definition) is 0. The topological polar surface area (TPSA) is 17.1 Å². The molecule has 0 amide bonds. The standard InChI is InChI=1S/C16H10F4O/c17-14-8-4-1-5-11(14)9-10-15(21)12-6-2-3-7-13(12)16(18,19)20/h1-10H. The minimum absolute atomic E-state index is 0.135. The molecule has 2 rings (SSSR count). The molecule has 0 saturated heterocycles. The second-order valence-corrected chi connectivity index (χ2v) is 4.26. The molecule has 0 heterocycles. The van der Waals surface area contributed by atoms with Crippen molar-refractivity contribution in [2.75, 3.05) is 0 Å². The third kappa shape index (κ3) is 3.56. The molecular formula is C16H10F4O. The predicted octanol–water partition coefficient (Wildman–Crippen LogP) is 4.74. The van der Waals surface area contributed by atoms with Gasteiger partial charge < -0.3 is 0 Å². The van der Waals surface area contributed by atoms with Crippen LogP contribution in [0, 0.1) is 5.82 Å². The van der Waals surface area contributed by atoms with Crippen LogP contribution >= 0.6 is 0 Å². The van der Waals surface area contributed by atoms with Crippen molar-refractivity contribution in [3.05, 3.63) is 77.1 Å². The SMILES string of the molecule is O=C(C=Cc1ccccc1F)c1ccccc1C(F)(F)F. The number of rotatable bonds is 3. The van der Waals surface area contributed by atoms with Gasteiger partial charge in [-0.2, -0.15) is 13.2 Å². The summed E-state index contributed by atoms with van der Waals surface area (Å²) in [4.78, 5) is 11.9. The lowest BCUT2D eigenvalue weighted by Crippen LogP contribution is -2.11. The molecule has 1 nitrogen and oxygen atoms in total. The zero-order valence-corrected chi connectivity index (χ0v) is 10.7. The van der Waals surface area contributed by atoms with Crippen LogP contribution in [0.5, 0.6) is 0 Å². The van der Waals surface area contributed by atoms with Gasteiger partial charge in [0.2, 0.25) is 0 Å². The number of alkyl halides is 3. The van der Waals surface area contributed by atoms with Crippen molar-refractivity contribution in [1.29, 1.82) is 0 Å². The highest BCUT2D eigenvalue weighted by atomic mass is 19.4. The van der Waals surface area contributed by atoms with Crippen molar-refractivity contribution in [2.45, 2.75) is 6.18 Å². The van der Waals surface area contributed by atoms with Crippen LogP contribution in [-0.4, -0.2) is 5.78 Å². The average molecular weight is 294 g/mol. The zero-order valence-electron chi connectivity index (χ0n) is 10.7. The van der Waals surface area contributed by atoms with Gasteiger partial charge in [-0.25, -0.2) is 4.39 Å². The quantitative estimate of drug-likeness (QED) is 0.454. The first-order valence-corrected chi connectivity index (χ1v) is 6.03. The molecule has 0 aromatic heterocycles. The van der Waals surface area contributed by atoms with Gasteiger partial charge in [0, 0.05) is 11.1 Å². The largest absolute Gasteiger partial charge is 0.417 e. The van der Waals surface area contributed by atoms with E-state index in [1.807, 2.05) is 0 Å². The number of benzene rings is 2. The molecule has 0 bridgehead atoms. The van der Waals surface area contributed by atoms with Crippen LogP contribution in [0.3, 0.4) is 0 Å². The molecule has 21 heavy (non-hydrogen) atoms. The summed E-state index contributed by atoms with van der Waals surface area (Å²) in [5.74, 6) is -1.38. The van der Waals surface area contributed by atoms with Crippen molar-refractivity contribution < 1.29 is 22.4 Å². The second kappa shape index (κ2) is 5.91. The molecule has 0 aliphatic heterocycles. The molecule has 0 radical (unpaired) electrons. The van der Waals surface area contributed by atoms with Crippen LogP contribution in [0.2, 0.25) is 0 Å². The van der Waals surface area contributed by atoms with Crippen molar-refractivity contribution >= 4 is 11.9 Å². The first kappa shape index (κ1) is 15.0. The highest BCUT2D eigenvalue weighted by Crippen LogP contribution is 2.32. The fourth-order valence-corrected chi connectivity index (χ4v) is 1.81. The van der Waals surface area contributed by atoms with E-state index in [1.165, 1.54) is 30.3 Å². The molecule has 0 atom stereocenters. The summed E-state index contributed by atoms with van der Waals surface area (Å²) >= 11 is 0. The highest BCUT2D eigenvalue weighted by molar-refractivity contribution is 6.07. The lowest BCUT2D eigenvalue weighted by atomic mass is 10.0. The molecular weight excluding hydrogens is 284 g/mol. The summed E-state index contributed by atoms with van der Waals surface area (Å²) in [5, 5.41) is 0. The smallest absolute Gasteiger partial charge is 0.289 e. The highest BCUT2D eigenvalue weighted by Gasteiger charge is 2.34. The fourth-order valence-electron chi connectivity index (χ4n) is 1.81. The fraction of sp³-hybridized carbons (Fsp3) is 0.0625. The molecule has 5 heteroatoms. The van der Waals surface area contributed by atoms with E-state index in [1.54, 1.807) is 6.07 Å². The Labute approximate surface area is 118 Å². The van der Waals surface area contributed by atoms with E-state index in [0.29, 0.717) is 0 Å². The van der Waals surface area contributed by atoms with Crippen LogP contribution < -0.4 is 0 Å². The van der Waals surface area contributed by atoms with Gasteiger partial charge in [-0.1, -0.05) is 36.4 Å². The number of hydrogen-bond acceptors (Lipinski definition) is 1. The number of ketones is 1. The van der Waals surface area contributed by atoms with Gasteiger partial charge in [0.1, 0.15) is 5.82 Å². The van der Waals surface area contributed by atoms with Gasteiger partial charge >= 0.3 is 6.18 Å². The van der Waals surface area contributed by atoms with Gasteiger partial charge in [0.15, 0.2) is 5.78 Å². The summed E-state index contributed by atoms with van der Waals surface area (Å²) in [5.41, 5.74) is -1.33. The Morgan fingerprint density at radius 1 is 0.952 bits per heavy atom. The van der Waals surface area contributed by atoms with E-state index in [4.69, 9.17) is 0 Å². The van der Waals surface area contributed by atoms with Crippen molar-refractivity contribution in [2.24, 2.45) is 0 Å². The molecule has 108 valence electrons. The maximum Gasteiger partial charge on any atom is 0.417 e. The number of carbonyl (C=O) groups is 1. The average Bonchev–Trinajstić information content (AvgIpc) is 2.45. The Hall–Kier alpha value is -2.43. The van der Waals surface area contributed by atoms with Gasteiger partial charge in [-0.15, -0.1) is 0 Å². The monoisotopic (exact) mass is 294 g/mol. The lowest BCUT2D eigenvalue weighted by Gasteiger charge is -2.10. The lowest BCUT2D eigenvalue weighted by molar-refractivity contribution is -0.137. The summed E-state index contributed by atoms with van der Waals surface area (Å²) in [7, 11) is 0. The molecule has 0 fully saturated rings. The van der Waals surface area contributed by atoms with Crippen LogP contribution in [0.25, 0.3) is 6.08 Å². The Kier molecular flexibility index (Phi) is 4.21. The van der Waals surface area contributed by atoms with Crippen molar-refractivity contribution in [3.8, 4) is 0 Å². The number of carbonyl (C=O) groups excluding carboxylic acids is 1. The van der Waals surface area contributed by atoms with E-state index < -0.39 is 28.9 Å². The molecule has 2 aromatic carbocycles. The molecule has 0 aliphatic carbocycles. The maximum absolute atomic E-state index is 13.4. The van der Waals surface area contributed by atoms with Gasteiger partial charge in [0.25, 0.3) is 0 Å². The third-order valence-electron chi connectivity index (χ3n) is 2.82. The van der Waals surface area contributed by atoms with E-state index in [9.17, 15) is 22.4 Å². The van der Waals surface area contributed by atoms with Crippen molar-refractivity contribution in [3.63, 3.8) is 0 Å². The van der Waals surface area contributed by atoms with Crippen molar-refractivity contribution in [1.82, 2.24) is 0 Å². The normalized spacial score (nSPS) is 11.8. The number of allylic oxidation sites excluding steroid dienone is 1. The molecule has 0 aliphatic rings. The Morgan fingerprint density at radius 3 is 2.24 bits per heavy atom. The first-order valence-electron chi connectivity index (χ1n) is 6.03. The third-order valence-corrected chi connectivity index (χ3v) is 2.82. The minimum Gasteiger partial charge on any atom is -0.289 e. The Bertz CT molecular complexity index is 687.